The van der Waals surface area contributed by atoms with Crippen LogP contribution in [-0.2, 0) is 11.3 Å². The van der Waals surface area contributed by atoms with E-state index in [0.29, 0.717) is 24.4 Å². The van der Waals surface area contributed by atoms with Gasteiger partial charge in [-0.05, 0) is 57.4 Å². The van der Waals surface area contributed by atoms with Gasteiger partial charge in [-0.2, -0.15) is 0 Å². The van der Waals surface area contributed by atoms with E-state index in [1.165, 1.54) is 25.7 Å². The maximum Gasteiger partial charge on any atom is 0.241 e. The lowest BCUT2D eigenvalue weighted by Crippen LogP contribution is -2.48. The van der Waals surface area contributed by atoms with Gasteiger partial charge in [0.25, 0.3) is 0 Å². The van der Waals surface area contributed by atoms with Crippen molar-refractivity contribution in [1.29, 1.82) is 0 Å². The summed E-state index contributed by atoms with van der Waals surface area (Å²) in [6, 6.07) is 4.31. The summed E-state index contributed by atoms with van der Waals surface area (Å²) in [5, 5.41) is 6.78. The first-order valence-corrected chi connectivity index (χ1v) is 10.6. The van der Waals surface area contributed by atoms with Gasteiger partial charge < -0.3 is 20.3 Å². The Balaban J connectivity index is 0.00000320. The van der Waals surface area contributed by atoms with E-state index in [1.807, 2.05) is 32.9 Å². The minimum atomic E-state index is -0.271. The minimum Gasteiger partial charge on any atom is -0.472 e. The first kappa shape index (κ1) is 24.7. The average molecular weight is 529 g/mol. The van der Waals surface area contributed by atoms with Crippen molar-refractivity contribution in [3.8, 4) is 5.88 Å². The quantitative estimate of drug-likeness (QED) is 0.336. The van der Waals surface area contributed by atoms with Crippen molar-refractivity contribution in [2.24, 2.45) is 16.8 Å². The van der Waals surface area contributed by atoms with Crippen LogP contribution in [0.25, 0.3) is 0 Å². The van der Waals surface area contributed by atoms with Crippen LogP contribution in [0.5, 0.6) is 5.88 Å². The number of carbonyl (C=O) groups is 1. The number of amides is 1. The molecule has 0 saturated heterocycles. The summed E-state index contributed by atoms with van der Waals surface area (Å²) in [4.78, 5) is 22.7. The van der Waals surface area contributed by atoms with Crippen LogP contribution in [-0.4, -0.2) is 54.0 Å². The normalized spacial score (nSPS) is 23.0. The van der Waals surface area contributed by atoms with Gasteiger partial charge in [0, 0.05) is 32.4 Å². The molecule has 2 aliphatic rings. The third-order valence-electron chi connectivity index (χ3n) is 5.59. The molecule has 2 aliphatic carbocycles. The third kappa shape index (κ3) is 7.28. The largest absolute Gasteiger partial charge is 0.472 e. The molecule has 3 atom stereocenters. The molecule has 1 amide bonds. The second-order valence-electron chi connectivity index (χ2n) is 9.45. The van der Waals surface area contributed by atoms with Gasteiger partial charge >= 0.3 is 0 Å². The van der Waals surface area contributed by atoms with E-state index < -0.39 is 0 Å². The van der Waals surface area contributed by atoms with E-state index >= 15 is 0 Å². The van der Waals surface area contributed by atoms with E-state index in [9.17, 15) is 4.79 Å². The predicted octanol–water partition coefficient (Wildman–Crippen LogP) is 3.19. The molecule has 1 aromatic heterocycles. The van der Waals surface area contributed by atoms with E-state index in [1.54, 1.807) is 25.2 Å². The van der Waals surface area contributed by atoms with Gasteiger partial charge in [-0.3, -0.25) is 4.79 Å². The average Bonchev–Trinajstić information content (AvgIpc) is 3.26. The number of aromatic nitrogens is 1. The summed E-state index contributed by atoms with van der Waals surface area (Å²) in [5.74, 6) is 2.92. The second kappa shape index (κ2) is 10.6. The zero-order valence-corrected chi connectivity index (χ0v) is 21.1. The van der Waals surface area contributed by atoms with Crippen LogP contribution >= 0.6 is 24.0 Å². The molecule has 0 spiro atoms. The van der Waals surface area contributed by atoms with Crippen molar-refractivity contribution in [1.82, 2.24) is 20.5 Å². The zero-order valence-electron chi connectivity index (χ0n) is 18.8. The summed E-state index contributed by atoms with van der Waals surface area (Å²) in [6.45, 7) is 6.73. The fourth-order valence-electron chi connectivity index (χ4n) is 4.12. The summed E-state index contributed by atoms with van der Waals surface area (Å²) in [6.07, 6.45) is 6.97. The van der Waals surface area contributed by atoms with E-state index in [-0.39, 0.29) is 42.0 Å². The van der Waals surface area contributed by atoms with Gasteiger partial charge in [0.15, 0.2) is 5.96 Å². The Morgan fingerprint density at radius 1 is 1.27 bits per heavy atom. The molecule has 0 radical (unpaired) electrons. The molecule has 8 heteroatoms. The molecule has 168 valence electrons. The van der Waals surface area contributed by atoms with Crippen molar-refractivity contribution in [2.45, 2.75) is 64.6 Å². The van der Waals surface area contributed by atoms with Crippen LogP contribution in [0, 0.1) is 11.8 Å². The summed E-state index contributed by atoms with van der Waals surface area (Å²) in [5.41, 5.74) is 0.729. The molecule has 2 saturated carbocycles. The third-order valence-corrected chi connectivity index (χ3v) is 5.59. The summed E-state index contributed by atoms with van der Waals surface area (Å²) in [7, 11) is 3.52. The first-order valence-electron chi connectivity index (χ1n) is 10.6. The number of aliphatic imine (C=N–C) groups is 1. The lowest BCUT2D eigenvalue weighted by Gasteiger charge is -2.25. The van der Waals surface area contributed by atoms with Gasteiger partial charge in [-0.15, -0.1) is 24.0 Å². The summed E-state index contributed by atoms with van der Waals surface area (Å²) < 4.78 is 5.77. The molecule has 1 aromatic rings. The number of guanidine groups is 1. The number of nitrogens with zero attached hydrogens (tertiary/aromatic N) is 3. The lowest BCUT2D eigenvalue weighted by atomic mass is 9.95. The van der Waals surface area contributed by atoms with E-state index in [4.69, 9.17) is 9.73 Å². The van der Waals surface area contributed by atoms with Crippen LogP contribution in [0.15, 0.2) is 23.3 Å². The Bertz CT molecular complexity index is 730. The fraction of sp³-hybridized carbons (Fsp3) is 0.682. The molecule has 2 bridgehead atoms. The van der Waals surface area contributed by atoms with Crippen molar-refractivity contribution in [3.05, 3.63) is 23.9 Å². The summed E-state index contributed by atoms with van der Waals surface area (Å²) >= 11 is 0. The highest BCUT2D eigenvalue weighted by Crippen LogP contribution is 2.44. The van der Waals surface area contributed by atoms with Gasteiger partial charge in [0.2, 0.25) is 11.8 Å². The smallest absolute Gasteiger partial charge is 0.241 e. The highest BCUT2D eigenvalue weighted by Gasteiger charge is 2.39. The Morgan fingerprint density at radius 3 is 2.57 bits per heavy atom. The number of ether oxygens (including phenoxy) is 1. The number of rotatable bonds is 6. The van der Waals surface area contributed by atoms with Crippen molar-refractivity contribution < 1.29 is 9.53 Å². The van der Waals surface area contributed by atoms with Crippen LogP contribution in [0.1, 0.15) is 52.0 Å². The number of halogens is 1. The van der Waals surface area contributed by atoms with Gasteiger partial charge in [0.05, 0.1) is 13.1 Å². The number of nitrogens with one attached hydrogen (secondary N) is 2. The highest BCUT2D eigenvalue weighted by molar-refractivity contribution is 14.0. The molecule has 7 nitrogen and oxygen atoms in total. The Kier molecular flexibility index (Phi) is 8.75. The lowest BCUT2D eigenvalue weighted by molar-refractivity contribution is -0.127. The van der Waals surface area contributed by atoms with Crippen molar-refractivity contribution in [3.63, 3.8) is 0 Å². The molecule has 2 N–H and O–H groups in total. The van der Waals surface area contributed by atoms with Crippen molar-refractivity contribution in [2.75, 3.05) is 20.6 Å². The topological polar surface area (TPSA) is 78.9 Å². The molecular weight excluding hydrogens is 493 g/mol. The standard InChI is InChI=1S/C22H35N5O2.HI/c1-22(2,3)29-19-9-7-16(12-23-19)13-24-21(25-14-20(28)27(4)5)26-18-11-15-6-8-17(18)10-15;/h7,9,12,15,17-18H,6,8,10-11,13-14H2,1-5H3,(H2,24,25,26);1H. The number of hydrogen-bond acceptors (Lipinski definition) is 4. The van der Waals surface area contributed by atoms with E-state index in [0.717, 1.165) is 17.4 Å². The molecule has 3 rings (SSSR count). The SMILES string of the molecule is CN(C)C(=O)CNC(=NCc1ccc(OC(C)(C)C)nc1)NC1CC2CCC1C2.I. The molecule has 0 aliphatic heterocycles. The number of fused-ring (bicyclic) bond motifs is 2. The highest BCUT2D eigenvalue weighted by atomic mass is 127. The van der Waals surface area contributed by atoms with Crippen LogP contribution < -0.4 is 15.4 Å². The molecular formula is C22H36IN5O2. The Morgan fingerprint density at radius 2 is 2.03 bits per heavy atom. The number of carbonyl (C=O) groups excluding carboxylic acids is 1. The number of likely N-dealkylation sites (N-methyl/N-ethyl adjacent to an activating group) is 1. The molecule has 30 heavy (non-hydrogen) atoms. The monoisotopic (exact) mass is 529 g/mol. The number of hydrogen-bond donors (Lipinski definition) is 2. The predicted molar refractivity (Wildman–Crippen MR) is 130 cm³/mol. The zero-order chi connectivity index (χ0) is 21.0. The molecule has 2 fully saturated rings. The van der Waals surface area contributed by atoms with Crippen LogP contribution in [0.3, 0.4) is 0 Å². The molecule has 1 heterocycles. The Labute approximate surface area is 197 Å². The first-order chi connectivity index (χ1) is 13.7. The van der Waals surface area contributed by atoms with Crippen LogP contribution in [0.4, 0.5) is 0 Å². The minimum absolute atomic E-state index is 0. The Hall–Kier alpha value is -1.58. The molecule has 0 aromatic carbocycles. The molecule has 3 unspecified atom stereocenters. The van der Waals surface area contributed by atoms with E-state index in [2.05, 4.69) is 15.6 Å². The van der Waals surface area contributed by atoms with Crippen molar-refractivity contribution >= 4 is 35.8 Å². The van der Waals surface area contributed by atoms with Gasteiger partial charge in [0.1, 0.15) is 5.60 Å². The second-order valence-corrected chi connectivity index (χ2v) is 9.45. The van der Waals surface area contributed by atoms with Gasteiger partial charge in [-0.25, -0.2) is 9.98 Å². The van der Waals surface area contributed by atoms with Gasteiger partial charge in [-0.1, -0.05) is 12.5 Å². The maximum absolute atomic E-state index is 12.0. The fourth-order valence-corrected chi connectivity index (χ4v) is 4.12. The van der Waals surface area contributed by atoms with Crippen LogP contribution in [0.2, 0.25) is 0 Å². The maximum atomic E-state index is 12.0. The number of pyridine rings is 1.